The number of hydrogen-bond donors (Lipinski definition) is 1. The monoisotopic (exact) mass is 329 g/mol. The maximum atomic E-state index is 12.1. The van der Waals surface area contributed by atoms with Gasteiger partial charge in [0.25, 0.3) is 0 Å². The van der Waals surface area contributed by atoms with Gasteiger partial charge in [0.05, 0.1) is 19.3 Å². The molecule has 0 rings (SSSR count). The van der Waals surface area contributed by atoms with Gasteiger partial charge in [0.1, 0.15) is 11.6 Å². The third-order valence-electron chi connectivity index (χ3n) is 2.98. The summed E-state index contributed by atoms with van der Waals surface area (Å²) in [5.74, 6) is -0.636. The molecule has 0 aromatic rings. The zero-order valence-corrected chi connectivity index (χ0v) is 15.2. The minimum absolute atomic E-state index is 0.0691. The van der Waals surface area contributed by atoms with Crippen LogP contribution in [-0.2, 0) is 19.0 Å². The summed E-state index contributed by atoms with van der Waals surface area (Å²) in [6.45, 7) is 15.1. The topological polar surface area (TPSA) is 73.9 Å². The van der Waals surface area contributed by atoms with E-state index in [4.69, 9.17) is 14.2 Å². The first-order chi connectivity index (χ1) is 10.6. The zero-order chi connectivity index (χ0) is 18.0. The Labute approximate surface area is 139 Å². The summed E-state index contributed by atoms with van der Waals surface area (Å²) in [5, 5.41) is 2.61. The molecule has 0 saturated heterocycles. The lowest BCUT2D eigenvalue weighted by Gasteiger charge is -2.27. The van der Waals surface area contributed by atoms with E-state index in [1.807, 2.05) is 13.8 Å². The van der Waals surface area contributed by atoms with Crippen molar-refractivity contribution in [2.24, 2.45) is 5.92 Å². The highest BCUT2D eigenvalue weighted by molar-refractivity contribution is 5.81. The van der Waals surface area contributed by atoms with E-state index in [0.717, 1.165) is 0 Å². The van der Waals surface area contributed by atoms with Gasteiger partial charge in [-0.3, -0.25) is 0 Å². The highest BCUT2D eigenvalue weighted by Gasteiger charge is 2.31. The van der Waals surface area contributed by atoms with E-state index in [1.165, 1.54) is 0 Å². The van der Waals surface area contributed by atoms with Crippen molar-refractivity contribution in [1.29, 1.82) is 0 Å². The summed E-state index contributed by atoms with van der Waals surface area (Å²) in [7, 11) is 0. The van der Waals surface area contributed by atoms with Crippen molar-refractivity contribution in [3.05, 3.63) is 12.7 Å². The quantitative estimate of drug-likeness (QED) is 0.520. The minimum atomic E-state index is -0.778. The van der Waals surface area contributed by atoms with Gasteiger partial charge in [-0.15, -0.1) is 6.58 Å². The van der Waals surface area contributed by atoms with Crippen molar-refractivity contribution in [1.82, 2.24) is 5.32 Å². The van der Waals surface area contributed by atoms with Crippen LogP contribution in [0.25, 0.3) is 0 Å². The molecule has 0 radical (unpaired) electrons. The molecule has 6 nitrogen and oxygen atoms in total. The molecule has 23 heavy (non-hydrogen) atoms. The number of carbonyl (C=O) groups is 2. The molecule has 0 spiro atoms. The van der Waals surface area contributed by atoms with Crippen molar-refractivity contribution in [3.8, 4) is 0 Å². The largest absolute Gasteiger partial charge is 0.464 e. The molecule has 0 aromatic heterocycles. The predicted octanol–water partition coefficient (Wildman–Crippen LogP) is 3.06. The first-order valence-corrected chi connectivity index (χ1v) is 7.99. The molecular weight excluding hydrogens is 298 g/mol. The van der Waals surface area contributed by atoms with Gasteiger partial charge in [-0.1, -0.05) is 13.0 Å². The van der Waals surface area contributed by atoms with E-state index in [9.17, 15) is 9.59 Å². The lowest BCUT2D eigenvalue weighted by atomic mass is 9.95. The van der Waals surface area contributed by atoms with Crippen molar-refractivity contribution >= 4 is 12.1 Å². The average molecular weight is 329 g/mol. The fourth-order valence-electron chi connectivity index (χ4n) is 2.06. The number of ether oxygens (including phenoxy) is 3. The second-order valence-corrected chi connectivity index (χ2v) is 6.52. The first-order valence-electron chi connectivity index (χ1n) is 7.99. The summed E-state index contributed by atoms with van der Waals surface area (Å²) in [6, 6.07) is -0.778. The van der Waals surface area contributed by atoms with E-state index >= 15 is 0 Å². The third kappa shape index (κ3) is 9.94. The molecule has 0 aliphatic carbocycles. The molecular formula is C17H31NO5. The first kappa shape index (κ1) is 21.4. The number of carbonyl (C=O) groups excluding carboxylic acids is 2. The molecule has 0 fully saturated rings. The second kappa shape index (κ2) is 10.3. The average Bonchev–Trinajstić information content (AvgIpc) is 2.40. The Bertz CT molecular complexity index is 389. The van der Waals surface area contributed by atoms with Gasteiger partial charge in [-0.2, -0.15) is 0 Å². The maximum Gasteiger partial charge on any atom is 0.408 e. The smallest absolute Gasteiger partial charge is 0.408 e. The van der Waals surface area contributed by atoms with E-state index < -0.39 is 23.7 Å². The summed E-state index contributed by atoms with van der Waals surface area (Å²) < 4.78 is 15.8. The molecule has 0 aliphatic rings. The normalized spacial score (nSPS) is 15.2. The summed E-state index contributed by atoms with van der Waals surface area (Å²) in [5.41, 5.74) is -0.632. The van der Waals surface area contributed by atoms with Gasteiger partial charge >= 0.3 is 12.1 Å². The molecule has 0 bridgehead atoms. The standard InChI is InChI=1S/C17H31NO5/c1-8-10-22-13(4)11-12(3)14(15(19)21-9-2)18-16(20)23-17(5,6)7/h8,12-14H,1,9-11H2,2-7H3,(H,18,20)/t12-,13+,14?/m1/s1. The molecule has 0 heterocycles. The van der Waals surface area contributed by atoms with Gasteiger partial charge in [0, 0.05) is 0 Å². The van der Waals surface area contributed by atoms with Crippen LogP contribution in [-0.4, -0.2) is 43.0 Å². The molecule has 0 saturated carbocycles. The number of alkyl carbamates (subject to hydrolysis) is 1. The van der Waals surface area contributed by atoms with Crippen LogP contribution in [0.3, 0.4) is 0 Å². The van der Waals surface area contributed by atoms with Crippen LogP contribution >= 0.6 is 0 Å². The zero-order valence-electron chi connectivity index (χ0n) is 15.2. The van der Waals surface area contributed by atoms with Crippen LogP contribution in [0.2, 0.25) is 0 Å². The molecule has 0 aromatic carbocycles. The Kier molecular flexibility index (Phi) is 9.56. The Hall–Kier alpha value is -1.56. The fraction of sp³-hybridized carbons (Fsp3) is 0.765. The Morgan fingerprint density at radius 2 is 1.87 bits per heavy atom. The number of rotatable bonds is 9. The predicted molar refractivity (Wildman–Crippen MR) is 89.2 cm³/mol. The van der Waals surface area contributed by atoms with Gasteiger partial charge in [-0.25, -0.2) is 9.59 Å². The third-order valence-corrected chi connectivity index (χ3v) is 2.98. The number of esters is 1. The van der Waals surface area contributed by atoms with Crippen molar-refractivity contribution < 1.29 is 23.8 Å². The van der Waals surface area contributed by atoms with Crippen LogP contribution in [0.1, 0.15) is 48.0 Å². The molecule has 1 unspecified atom stereocenters. The van der Waals surface area contributed by atoms with Gasteiger partial charge < -0.3 is 19.5 Å². The van der Waals surface area contributed by atoms with Crippen molar-refractivity contribution in [2.75, 3.05) is 13.2 Å². The lowest BCUT2D eigenvalue weighted by molar-refractivity contribution is -0.147. The van der Waals surface area contributed by atoms with Crippen molar-refractivity contribution in [3.63, 3.8) is 0 Å². The number of hydrogen-bond acceptors (Lipinski definition) is 5. The Balaban J connectivity index is 4.82. The second-order valence-electron chi connectivity index (χ2n) is 6.52. The van der Waals surface area contributed by atoms with Gasteiger partial charge in [-0.05, 0) is 47.0 Å². The molecule has 0 aliphatic heterocycles. The van der Waals surface area contributed by atoms with Crippen LogP contribution in [0.5, 0.6) is 0 Å². The van der Waals surface area contributed by atoms with Crippen LogP contribution in [0, 0.1) is 5.92 Å². The molecule has 1 amide bonds. The molecule has 134 valence electrons. The molecule has 6 heteroatoms. The maximum absolute atomic E-state index is 12.1. The molecule has 1 N–H and O–H groups in total. The van der Waals surface area contributed by atoms with Gasteiger partial charge in [0.2, 0.25) is 0 Å². The van der Waals surface area contributed by atoms with Crippen LogP contribution in [0.15, 0.2) is 12.7 Å². The van der Waals surface area contributed by atoms with Gasteiger partial charge in [0.15, 0.2) is 0 Å². The van der Waals surface area contributed by atoms with Crippen LogP contribution in [0.4, 0.5) is 4.79 Å². The highest BCUT2D eigenvalue weighted by atomic mass is 16.6. The summed E-state index contributed by atoms with van der Waals surface area (Å²) >= 11 is 0. The Morgan fingerprint density at radius 1 is 1.26 bits per heavy atom. The number of nitrogens with one attached hydrogen (secondary N) is 1. The lowest BCUT2D eigenvalue weighted by Crippen LogP contribution is -2.48. The van der Waals surface area contributed by atoms with E-state index in [0.29, 0.717) is 13.0 Å². The van der Waals surface area contributed by atoms with Crippen molar-refractivity contribution in [2.45, 2.75) is 65.7 Å². The molecule has 3 atom stereocenters. The van der Waals surface area contributed by atoms with Crippen LogP contribution < -0.4 is 5.32 Å². The minimum Gasteiger partial charge on any atom is -0.464 e. The summed E-state index contributed by atoms with van der Waals surface area (Å²) in [4.78, 5) is 24.1. The number of amides is 1. The fourth-order valence-corrected chi connectivity index (χ4v) is 2.06. The van der Waals surface area contributed by atoms with E-state index in [1.54, 1.807) is 33.8 Å². The highest BCUT2D eigenvalue weighted by Crippen LogP contribution is 2.16. The van der Waals surface area contributed by atoms with E-state index in [-0.39, 0.29) is 18.6 Å². The Morgan fingerprint density at radius 3 is 2.35 bits per heavy atom. The van der Waals surface area contributed by atoms with E-state index in [2.05, 4.69) is 11.9 Å². The summed E-state index contributed by atoms with van der Waals surface area (Å²) in [6.07, 6.45) is 1.55. The SMILES string of the molecule is C=CCO[C@@H](C)C[C@@H](C)C(NC(=O)OC(C)(C)C)C(=O)OCC.